The minimum absolute atomic E-state index is 0. The standard InChI is InChI=1S/C28H34FN5O4S.CH4/c1-17(2)16-38-22-12-20(11-21(29)13-22)24-9-8-23(27(31-24)34-14-18(3)10-19(4)15-34)28(35)33-39(36,37)26-7-5-6-25(30)32-26;/h5-9,11-13,17-19H,10,14-16H2,1-4H3,(H2,30,32)(H,33,35);1H4. The van der Waals surface area contributed by atoms with Gasteiger partial charge in [0.25, 0.3) is 15.9 Å². The molecule has 0 radical (unpaired) electrons. The zero-order chi connectivity index (χ0) is 28.3. The lowest BCUT2D eigenvalue weighted by Crippen LogP contribution is -2.41. The van der Waals surface area contributed by atoms with E-state index in [-0.39, 0.29) is 29.8 Å². The normalized spacial score (nSPS) is 17.3. The van der Waals surface area contributed by atoms with Gasteiger partial charge in [0.2, 0.25) is 0 Å². The molecule has 0 spiro atoms. The van der Waals surface area contributed by atoms with Crippen LogP contribution in [-0.2, 0) is 10.0 Å². The molecule has 1 aliphatic heterocycles. The first-order valence-corrected chi connectivity index (χ1v) is 14.4. The van der Waals surface area contributed by atoms with Gasteiger partial charge in [-0.25, -0.2) is 19.1 Å². The Balaban J connectivity index is 0.00000441. The van der Waals surface area contributed by atoms with Crippen molar-refractivity contribution in [1.82, 2.24) is 14.7 Å². The lowest BCUT2D eigenvalue weighted by Gasteiger charge is -2.36. The molecule has 1 aromatic carbocycles. The molecule has 1 aliphatic rings. The summed E-state index contributed by atoms with van der Waals surface area (Å²) in [6.45, 7) is 9.94. The third-order valence-corrected chi connectivity index (χ3v) is 7.52. The number of carbonyl (C=O) groups excluding carboxylic acids is 1. The number of halogens is 1. The molecule has 9 nitrogen and oxygen atoms in total. The summed E-state index contributed by atoms with van der Waals surface area (Å²) < 4.78 is 48.1. The van der Waals surface area contributed by atoms with Crippen molar-refractivity contribution in [3.63, 3.8) is 0 Å². The van der Waals surface area contributed by atoms with Gasteiger partial charge in [0, 0.05) is 24.7 Å². The van der Waals surface area contributed by atoms with Crippen LogP contribution in [0.1, 0.15) is 51.9 Å². The third kappa shape index (κ3) is 7.47. The SMILES string of the molecule is C.CC(C)COc1cc(F)cc(-c2ccc(C(=O)NS(=O)(=O)c3cccc(N)n3)c(N3CC(C)CC(C)C3)n2)c1. The second kappa shape index (κ2) is 12.6. The second-order valence-corrected chi connectivity index (χ2v) is 12.3. The summed E-state index contributed by atoms with van der Waals surface area (Å²) in [5.74, 6) is 0.331. The number of pyridine rings is 2. The highest BCUT2D eigenvalue weighted by molar-refractivity contribution is 7.90. The number of carbonyl (C=O) groups is 1. The van der Waals surface area contributed by atoms with E-state index >= 15 is 0 Å². The van der Waals surface area contributed by atoms with Gasteiger partial charge < -0.3 is 15.4 Å². The molecule has 1 amide bonds. The van der Waals surface area contributed by atoms with Gasteiger partial charge >= 0.3 is 0 Å². The number of nitrogen functional groups attached to an aromatic ring is 1. The van der Waals surface area contributed by atoms with Gasteiger partial charge in [0.1, 0.15) is 23.2 Å². The fraction of sp³-hybridized carbons (Fsp3) is 0.414. The molecule has 11 heteroatoms. The second-order valence-electron chi connectivity index (χ2n) is 10.6. The van der Waals surface area contributed by atoms with E-state index in [1.807, 2.05) is 18.7 Å². The van der Waals surface area contributed by atoms with Crippen molar-refractivity contribution in [2.75, 3.05) is 30.3 Å². The summed E-state index contributed by atoms with van der Waals surface area (Å²) in [5, 5.41) is -0.365. The Labute approximate surface area is 236 Å². The number of ether oxygens (including phenoxy) is 1. The van der Waals surface area contributed by atoms with Gasteiger partial charge in [-0.2, -0.15) is 8.42 Å². The highest BCUT2D eigenvalue weighted by Gasteiger charge is 2.29. The minimum Gasteiger partial charge on any atom is -0.493 e. The van der Waals surface area contributed by atoms with Gasteiger partial charge in [-0.1, -0.05) is 41.2 Å². The Hall–Kier alpha value is -3.73. The smallest absolute Gasteiger partial charge is 0.281 e. The van der Waals surface area contributed by atoms with Crippen LogP contribution in [0.4, 0.5) is 16.0 Å². The number of benzene rings is 1. The Morgan fingerprint density at radius 1 is 1.12 bits per heavy atom. The molecule has 0 saturated carbocycles. The maximum Gasteiger partial charge on any atom is 0.281 e. The maximum absolute atomic E-state index is 14.5. The first kappa shape index (κ1) is 30.8. The zero-order valence-corrected chi connectivity index (χ0v) is 23.3. The van der Waals surface area contributed by atoms with Crippen molar-refractivity contribution in [2.45, 2.75) is 46.6 Å². The van der Waals surface area contributed by atoms with E-state index in [1.54, 1.807) is 12.1 Å². The Morgan fingerprint density at radius 3 is 2.48 bits per heavy atom. The molecule has 40 heavy (non-hydrogen) atoms. The zero-order valence-electron chi connectivity index (χ0n) is 22.5. The van der Waals surface area contributed by atoms with Crippen LogP contribution in [-0.4, -0.2) is 44.0 Å². The van der Waals surface area contributed by atoms with Gasteiger partial charge in [-0.3, -0.25) is 4.79 Å². The summed E-state index contributed by atoms with van der Waals surface area (Å²) in [6.07, 6.45) is 1.02. The Kier molecular flexibility index (Phi) is 9.73. The van der Waals surface area contributed by atoms with Crippen molar-refractivity contribution < 1.29 is 22.3 Å². The third-order valence-electron chi connectivity index (χ3n) is 6.29. The lowest BCUT2D eigenvalue weighted by molar-refractivity contribution is 0.0981. The van der Waals surface area contributed by atoms with Crippen LogP contribution in [0, 0.1) is 23.6 Å². The molecule has 3 aromatic rings. The number of aromatic nitrogens is 2. The summed E-state index contributed by atoms with van der Waals surface area (Å²) in [5.41, 5.74) is 6.63. The molecule has 1 saturated heterocycles. The molecule has 2 atom stereocenters. The molecule has 3 N–H and O–H groups in total. The lowest BCUT2D eigenvalue weighted by atomic mass is 9.91. The molecule has 3 heterocycles. The van der Waals surface area contributed by atoms with Crippen LogP contribution in [0.2, 0.25) is 0 Å². The number of anilines is 2. The summed E-state index contributed by atoms with van der Waals surface area (Å²) in [7, 11) is -4.29. The van der Waals surface area contributed by atoms with Crippen LogP contribution >= 0.6 is 0 Å². The number of piperidine rings is 1. The van der Waals surface area contributed by atoms with E-state index in [2.05, 4.69) is 23.6 Å². The van der Waals surface area contributed by atoms with E-state index in [0.29, 0.717) is 54.4 Å². The molecule has 2 aromatic heterocycles. The number of hydrogen-bond acceptors (Lipinski definition) is 8. The maximum atomic E-state index is 14.5. The number of sulfonamides is 1. The quantitative estimate of drug-likeness (QED) is 0.381. The predicted molar refractivity (Wildman–Crippen MR) is 155 cm³/mol. The van der Waals surface area contributed by atoms with Gasteiger partial charge in [-0.05, 0) is 60.6 Å². The first-order valence-electron chi connectivity index (χ1n) is 12.9. The van der Waals surface area contributed by atoms with Crippen LogP contribution in [0.15, 0.2) is 53.6 Å². The van der Waals surface area contributed by atoms with Gasteiger partial charge in [0.15, 0.2) is 5.03 Å². The van der Waals surface area contributed by atoms with Crippen molar-refractivity contribution >= 4 is 27.6 Å². The summed E-state index contributed by atoms with van der Waals surface area (Å²) in [4.78, 5) is 23.9. The van der Waals surface area contributed by atoms with Crippen molar-refractivity contribution in [3.8, 4) is 17.0 Å². The van der Waals surface area contributed by atoms with Crippen molar-refractivity contribution in [3.05, 3.63) is 59.9 Å². The Bertz CT molecular complexity index is 1450. The fourth-order valence-electron chi connectivity index (χ4n) is 4.73. The van der Waals surface area contributed by atoms with Crippen LogP contribution in [0.3, 0.4) is 0 Å². The first-order chi connectivity index (χ1) is 18.4. The molecule has 0 aliphatic carbocycles. The average Bonchev–Trinajstić information content (AvgIpc) is 2.86. The summed E-state index contributed by atoms with van der Waals surface area (Å²) in [6, 6.07) is 11.6. The van der Waals surface area contributed by atoms with E-state index in [1.165, 1.54) is 36.4 Å². The molecule has 4 rings (SSSR count). The molecular weight excluding hydrogens is 533 g/mol. The largest absolute Gasteiger partial charge is 0.493 e. The highest BCUT2D eigenvalue weighted by atomic mass is 32.2. The molecular formula is C29H38FN5O4S. The van der Waals surface area contributed by atoms with Crippen molar-refractivity contribution in [1.29, 1.82) is 0 Å². The van der Waals surface area contributed by atoms with Crippen LogP contribution in [0.5, 0.6) is 5.75 Å². The highest BCUT2D eigenvalue weighted by Crippen LogP contribution is 2.32. The summed E-state index contributed by atoms with van der Waals surface area (Å²) >= 11 is 0. The number of hydrogen-bond donors (Lipinski definition) is 2. The topological polar surface area (TPSA) is 128 Å². The molecule has 216 valence electrons. The van der Waals surface area contributed by atoms with E-state index in [9.17, 15) is 17.6 Å². The minimum atomic E-state index is -4.29. The van der Waals surface area contributed by atoms with Gasteiger partial charge in [0.05, 0.1) is 17.9 Å². The fourth-order valence-corrected chi connectivity index (χ4v) is 5.67. The monoisotopic (exact) mass is 571 g/mol. The number of nitrogens with one attached hydrogen (secondary N) is 1. The Morgan fingerprint density at radius 2 is 1.82 bits per heavy atom. The molecule has 2 unspecified atom stereocenters. The van der Waals surface area contributed by atoms with E-state index in [4.69, 9.17) is 15.5 Å². The number of amides is 1. The predicted octanol–water partition coefficient (Wildman–Crippen LogP) is 5.14. The van der Waals surface area contributed by atoms with Gasteiger partial charge in [-0.15, -0.1) is 0 Å². The molecule has 0 bridgehead atoms. The number of nitrogens with two attached hydrogens (primary N) is 1. The average molecular weight is 572 g/mol. The van der Waals surface area contributed by atoms with E-state index in [0.717, 1.165) is 6.42 Å². The number of rotatable bonds is 8. The molecule has 1 fully saturated rings. The van der Waals surface area contributed by atoms with E-state index < -0.39 is 21.7 Å². The number of nitrogens with zero attached hydrogens (tertiary/aromatic N) is 3. The van der Waals surface area contributed by atoms with Crippen LogP contribution < -0.4 is 20.1 Å². The van der Waals surface area contributed by atoms with Crippen LogP contribution in [0.25, 0.3) is 11.3 Å². The van der Waals surface area contributed by atoms with Crippen molar-refractivity contribution in [2.24, 2.45) is 17.8 Å².